The van der Waals surface area contributed by atoms with Crippen LogP contribution in [-0.4, -0.2) is 42.9 Å². The number of rotatable bonds is 7. The average Bonchev–Trinajstić information content (AvgIpc) is 2.52. The molecule has 2 atom stereocenters. The summed E-state index contributed by atoms with van der Waals surface area (Å²) in [6.45, 7) is 3.46. The van der Waals surface area contributed by atoms with Crippen molar-refractivity contribution in [2.45, 2.75) is 38.3 Å². The Morgan fingerprint density at radius 1 is 1.52 bits per heavy atom. The van der Waals surface area contributed by atoms with Gasteiger partial charge >= 0.3 is 0 Å². The summed E-state index contributed by atoms with van der Waals surface area (Å²) in [5, 5.41) is 16.0. The number of aryl methyl sites for hydroxylation is 1. The lowest BCUT2D eigenvalue weighted by Crippen LogP contribution is -2.48. The second-order valence-electron chi connectivity index (χ2n) is 5.41. The van der Waals surface area contributed by atoms with Crippen LogP contribution in [0.5, 0.6) is 5.75 Å². The van der Waals surface area contributed by atoms with Crippen molar-refractivity contribution < 1.29 is 14.6 Å². The third-order valence-corrected chi connectivity index (χ3v) is 3.66. The van der Waals surface area contributed by atoms with E-state index < -0.39 is 6.10 Å². The van der Waals surface area contributed by atoms with Crippen molar-refractivity contribution in [3.8, 4) is 5.75 Å². The Morgan fingerprint density at radius 2 is 2.38 bits per heavy atom. The number of nitrogens with one attached hydrogen (secondary N) is 2. The van der Waals surface area contributed by atoms with Crippen LogP contribution in [0.15, 0.2) is 24.3 Å². The van der Waals surface area contributed by atoms with Crippen molar-refractivity contribution in [2.75, 3.05) is 19.7 Å². The van der Waals surface area contributed by atoms with Crippen LogP contribution in [0.2, 0.25) is 0 Å². The molecule has 116 valence electrons. The van der Waals surface area contributed by atoms with Crippen LogP contribution in [0.4, 0.5) is 0 Å². The van der Waals surface area contributed by atoms with E-state index in [1.54, 1.807) is 0 Å². The highest BCUT2D eigenvalue weighted by Crippen LogP contribution is 2.13. The highest BCUT2D eigenvalue weighted by molar-refractivity contribution is 5.76. The summed E-state index contributed by atoms with van der Waals surface area (Å²) < 4.78 is 5.61. The van der Waals surface area contributed by atoms with Crippen LogP contribution >= 0.6 is 0 Å². The van der Waals surface area contributed by atoms with Crippen LogP contribution in [0.3, 0.4) is 0 Å². The molecule has 1 amide bonds. The third-order valence-electron chi connectivity index (χ3n) is 3.66. The second kappa shape index (κ2) is 8.00. The number of aliphatic hydroxyl groups is 1. The molecular weight excluding hydrogens is 268 g/mol. The van der Waals surface area contributed by atoms with Gasteiger partial charge in [0.05, 0.1) is 0 Å². The molecule has 2 rings (SSSR count). The van der Waals surface area contributed by atoms with E-state index in [0.29, 0.717) is 19.5 Å². The Balaban J connectivity index is 1.67. The molecule has 3 N–H and O–H groups in total. The summed E-state index contributed by atoms with van der Waals surface area (Å²) in [6, 6.07) is 8.15. The average molecular weight is 292 g/mol. The van der Waals surface area contributed by atoms with Crippen molar-refractivity contribution >= 4 is 5.91 Å². The van der Waals surface area contributed by atoms with Gasteiger partial charge in [0, 0.05) is 25.6 Å². The number of piperidine rings is 1. The number of carbonyl (C=O) groups is 1. The summed E-state index contributed by atoms with van der Waals surface area (Å²) >= 11 is 0. The predicted octanol–water partition coefficient (Wildman–Crippen LogP) is 0.857. The van der Waals surface area contributed by atoms with Gasteiger partial charge in [-0.1, -0.05) is 19.1 Å². The van der Waals surface area contributed by atoms with Gasteiger partial charge in [0.15, 0.2) is 0 Å². The first-order valence-electron chi connectivity index (χ1n) is 7.57. The molecule has 1 saturated heterocycles. The largest absolute Gasteiger partial charge is 0.491 e. The van der Waals surface area contributed by atoms with E-state index in [1.165, 1.54) is 5.56 Å². The van der Waals surface area contributed by atoms with E-state index >= 15 is 0 Å². The first-order valence-corrected chi connectivity index (χ1v) is 7.57. The maximum atomic E-state index is 11.1. The van der Waals surface area contributed by atoms with Crippen LogP contribution in [0, 0.1) is 0 Å². The van der Waals surface area contributed by atoms with Crippen LogP contribution in [-0.2, 0) is 11.2 Å². The van der Waals surface area contributed by atoms with E-state index in [1.807, 2.05) is 18.2 Å². The lowest BCUT2D eigenvalue weighted by Gasteiger charge is -2.24. The molecule has 0 saturated carbocycles. The van der Waals surface area contributed by atoms with Gasteiger partial charge in [0.2, 0.25) is 5.91 Å². The van der Waals surface area contributed by atoms with Crippen molar-refractivity contribution in [3.63, 3.8) is 0 Å². The van der Waals surface area contributed by atoms with E-state index in [2.05, 4.69) is 23.6 Å². The Hall–Kier alpha value is -1.59. The highest BCUT2D eigenvalue weighted by atomic mass is 16.5. The molecule has 1 aliphatic heterocycles. The van der Waals surface area contributed by atoms with Gasteiger partial charge in [0.1, 0.15) is 18.5 Å². The summed E-state index contributed by atoms with van der Waals surface area (Å²) in [5.74, 6) is 0.895. The summed E-state index contributed by atoms with van der Waals surface area (Å²) in [6.07, 6.45) is 1.77. The SMILES string of the molecule is CCc1cccc(OCC(O)CNC2CCC(=O)NC2)c1. The molecule has 0 bridgehead atoms. The molecule has 0 spiro atoms. The quantitative estimate of drug-likeness (QED) is 0.697. The molecule has 0 radical (unpaired) electrons. The minimum atomic E-state index is -0.562. The Labute approximate surface area is 125 Å². The zero-order chi connectivity index (χ0) is 15.1. The number of carbonyl (C=O) groups excluding carboxylic acids is 1. The van der Waals surface area contributed by atoms with Gasteiger partial charge in [-0.15, -0.1) is 0 Å². The van der Waals surface area contributed by atoms with E-state index in [0.717, 1.165) is 18.6 Å². The lowest BCUT2D eigenvalue weighted by atomic mass is 10.1. The van der Waals surface area contributed by atoms with E-state index in [4.69, 9.17) is 4.74 Å². The van der Waals surface area contributed by atoms with Crippen molar-refractivity contribution in [2.24, 2.45) is 0 Å². The molecule has 1 aromatic rings. The second-order valence-corrected chi connectivity index (χ2v) is 5.41. The number of amides is 1. The van der Waals surface area contributed by atoms with Gasteiger partial charge in [-0.25, -0.2) is 0 Å². The number of benzene rings is 1. The molecule has 5 heteroatoms. The minimum absolute atomic E-state index is 0.104. The Bertz CT molecular complexity index is 455. The van der Waals surface area contributed by atoms with Crippen LogP contribution in [0.1, 0.15) is 25.3 Å². The number of hydrogen-bond donors (Lipinski definition) is 3. The molecule has 0 aromatic heterocycles. The number of hydrogen-bond acceptors (Lipinski definition) is 4. The molecule has 1 heterocycles. The smallest absolute Gasteiger partial charge is 0.220 e. The van der Waals surface area contributed by atoms with Gasteiger partial charge in [0.25, 0.3) is 0 Å². The lowest BCUT2D eigenvalue weighted by molar-refractivity contribution is -0.122. The van der Waals surface area contributed by atoms with Gasteiger partial charge in [-0.05, 0) is 30.5 Å². The molecular formula is C16H24N2O3. The van der Waals surface area contributed by atoms with Crippen molar-refractivity contribution in [1.29, 1.82) is 0 Å². The Morgan fingerprint density at radius 3 is 3.10 bits per heavy atom. The van der Waals surface area contributed by atoms with Crippen LogP contribution < -0.4 is 15.4 Å². The number of ether oxygens (including phenoxy) is 1. The molecule has 1 fully saturated rings. The topological polar surface area (TPSA) is 70.6 Å². The maximum Gasteiger partial charge on any atom is 0.220 e. The first-order chi connectivity index (χ1) is 10.2. The van der Waals surface area contributed by atoms with Crippen LogP contribution in [0.25, 0.3) is 0 Å². The standard InChI is InChI=1S/C16H24N2O3/c1-2-12-4-3-5-15(8-12)21-11-14(19)10-17-13-6-7-16(20)18-9-13/h3-5,8,13-14,17,19H,2,6-7,9-11H2,1H3,(H,18,20). The van der Waals surface area contributed by atoms with E-state index in [9.17, 15) is 9.90 Å². The molecule has 5 nitrogen and oxygen atoms in total. The third kappa shape index (κ3) is 5.36. The van der Waals surface area contributed by atoms with Crippen molar-refractivity contribution in [3.05, 3.63) is 29.8 Å². The number of aliphatic hydroxyl groups excluding tert-OH is 1. The fourth-order valence-electron chi connectivity index (χ4n) is 2.32. The highest BCUT2D eigenvalue weighted by Gasteiger charge is 2.18. The molecule has 21 heavy (non-hydrogen) atoms. The molecule has 1 aliphatic rings. The fourth-order valence-corrected chi connectivity index (χ4v) is 2.32. The van der Waals surface area contributed by atoms with Gasteiger partial charge in [-0.2, -0.15) is 0 Å². The monoisotopic (exact) mass is 292 g/mol. The summed E-state index contributed by atoms with van der Waals surface area (Å²) in [5.41, 5.74) is 1.22. The van der Waals surface area contributed by atoms with E-state index in [-0.39, 0.29) is 18.6 Å². The zero-order valence-corrected chi connectivity index (χ0v) is 12.5. The molecule has 0 aliphatic carbocycles. The summed E-state index contributed by atoms with van der Waals surface area (Å²) in [7, 11) is 0. The van der Waals surface area contributed by atoms with Gasteiger partial charge < -0.3 is 20.5 Å². The minimum Gasteiger partial charge on any atom is -0.491 e. The zero-order valence-electron chi connectivity index (χ0n) is 12.5. The Kier molecular flexibility index (Phi) is 6.02. The molecule has 1 aromatic carbocycles. The predicted molar refractivity (Wildman–Crippen MR) is 81.4 cm³/mol. The fraction of sp³-hybridized carbons (Fsp3) is 0.562. The van der Waals surface area contributed by atoms with Crippen molar-refractivity contribution in [1.82, 2.24) is 10.6 Å². The maximum absolute atomic E-state index is 11.1. The molecule has 2 unspecified atom stereocenters. The summed E-state index contributed by atoms with van der Waals surface area (Å²) in [4.78, 5) is 11.1. The first kappa shape index (κ1) is 15.8. The van der Waals surface area contributed by atoms with Gasteiger partial charge in [-0.3, -0.25) is 4.79 Å². The normalized spacial score (nSPS) is 19.9.